The van der Waals surface area contributed by atoms with E-state index in [4.69, 9.17) is 0 Å². The van der Waals surface area contributed by atoms with Crippen LogP contribution in [0.2, 0.25) is 0 Å². The molecule has 120 valence electrons. The fourth-order valence-electron chi connectivity index (χ4n) is 2.41. The molecule has 0 aromatic heterocycles. The fraction of sp³-hybridized carbons (Fsp3) is 0.467. The fourth-order valence-corrected chi connectivity index (χ4v) is 2.41. The maximum absolute atomic E-state index is 13.6. The van der Waals surface area contributed by atoms with Gasteiger partial charge in [-0.25, -0.2) is 8.78 Å². The summed E-state index contributed by atoms with van der Waals surface area (Å²) in [6.45, 7) is 1.91. The van der Waals surface area contributed by atoms with Crippen molar-refractivity contribution in [3.05, 3.63) is 35.4 Å². The smallest absolute Gasteiger partial charge is 0.259 e. The molecule has 1 saturated heterocycles. The highest BCUT2D eigenvalue weighted by atomic mass is 19.1. The summed E-state index contributed by atoms with van der Waals surface area (Å²) in [6.07, 6.45) is 0.395. The minimum absolute atomic E-state index is 0.0125. The van der Waals surface area contributed by atoms with Crippen molar-refractivity contribution in [1.29, 1.82) is 0 Å². The van der Waals surface area contributed by atoms with E-state index in [1.54, 1.807) is 11.9 Å². The van der Waals surface area contributed by atoms with Gasteiger partial charge in [-0.15, -0.1) is 0 Å². The number of carbonyl (C=O) groups excluding carboxylic acids is 2. The minimum atomic E-state index is -0.863. The second-order valence-electron chi connectivity index (χ2n) is 5.12. The molecule has 1 aliphatic heterocycles. The first-order valence-electron chi connectivity index (χ1n) is 7.20. The summed E-state index contributed by atoms with van der Waals surface area (Å²) >= 11 is 0. The third-order valence-electron chi connectivity index (χ3n) is 3.69. The zero-order valence-corrected chi connectivity index (χ0v) is 12.4. The summed E-state index contributed by atoms with van der Waals surface area (Å²) < 4.78 is 27.3. The number of nitrogens with one attached hydrogen (secondary N) is 1. The summed E-state index contributed by atoms with van der Waals surface area (Å²) in [5, 5.41) is 2.90. The first kappa shape index (κ1) is 16.4. The summed E-state index contributed by atoms with van der Waals surface area (Å²) in [6, 6.07) is 3.35. The quantitative estimate of drug-likeness (QED) is 0.897. The highest BCUT2D eigenvalue weighted by molar-refractivity contribution is 5.95. The average Bonchev–Trinajstić information content (AvgIpc) is 2.52. The Morgan fingerprint density at radius 3 is 2.18 bits per heavy atom. The largest absolute Gasteiger partial charge is 0.339 e. The summed E-state index contributed by atoms with van der Waals surface area (Å²) in [5.74, 6) is -2.38. The Bertz CT molecular complexity index is 537. The number of halogens is 2. The van der Waals surface area contributed by atoms with E-state index in [1.807, 2.05) is 0 Å². The van der Waals surface area contributed by atoms with E-state index < -0.39 is 23.1 Å². The van der Waals surface area contributed by atoms with Crippen LogP contribution < -0.4 is 5.32 Å². The van der Waals surface area contributed by atoms with Crippen LogP contribution in [0.1, 0.15) is 16.8 Å². The molecule has 0 bridgehead atoms. The Morgan fingerprint density at radius 1 is 1.09 bits per heavy atom. The van der Waals surface area contributed by atoms with Crippen LogP contribution in [0.15, 0.2) is 18.2 Å². The number of piperazine rings is 1. The second kappa shape index (κ2) is 7.31. The van der Waals surface area contributed by atoms with E-state index in [9.17, 15) is 18.4 Å². The van der Waals surface area contributed by atoms with Crippen LogP contribution in [0.3, 0.4) is 0 Å². The molecule has 22 heavy (non-hydrogen) atoms. The van der Waals surface area contributed by atoms with E-state index in [-0.39, 0.29) is 19.0 Å². The highest BCUT2D eigenvalue weighted by Crippen LogP contribution is 2.16. The van der Waals surface area contributed by atoms with Gasteiger partial charge >= 0.3 is 0 Å². The van der Waals surface area contributed by atoms with Gasteiger partial charge in [-0.05, 0) is 19.2 Å². The van der Waals surface area contributed by atoms with Crippen LogP contribution >= 0.6 is 0 Å². The molecule has 1 aliphatic rings. The Labute approximate surface area is 127 Å². The van der Waals surface area contributed by atoms with Gasteiger partial charge in [0.25, 0.3) is 5.91 Å². The molecule has 1 heterocycles. The molecule has 5 nitrogen and oxygen atoms in total. The lowest BCUT2D eigenvalue weighted by Crippen LogP contribution is -2.51. The minimum Gasteiger partial charge on any atom is -0.339 e. The van der Waals surface area contributed by atoms with Gasteiger partial charge in [0.15, 0.2) is 0 Å². The Morgan fingerprint density at radius 2 is 1.64 bits per heavy atom. The molecule has 0 unspecified atom stereocenters. The first-order valence-corrected chi connectivity index (χ1v) is 7.20. The zero-order chi connectivity index (χ0) is 16.1. The summed E-state index contributed by atoms with van der Waals surface area (Å²) in [4.78, 5) is 27.1. The number of amides is 2. The summed E-state index contributed by atoms with van der Waals surface area (Å²) in [5.41, 5.74) is -0.530. The molecule has 0 aliphatic carbocycles. The van der Waals surface area contributed by atoms with Crippen molar-refractivity contribution in [3.63, 3.8) is 0 Å². The maximum Gasteiger partial charge on any atom is 0.259 e. The van der Waals surface area contributed by atoms with E-state index in [0.29, 0.717) is 26.1 Å². The number of benzene rings is 1. The number of carbonyl (C=O) groups is 2. The Hall–Kier alpha value is -2.02. The van der Waals surface area contributed by atoms with Gasteiger partial charge in [0.05, 0.1) is 0 Å². The van der Waals surface area contributed by atoms with Crippen LogP contribution in [-0.4, -0.2) is 61.4 Å². The van der Waals surface area contributed by atoms with Gasteiger partial charge in [-0.2, -0.15) is 0 Å². The van der Waals surface area contributed by atoms with Crippen molar-refractivity contribution >= 4 is 11.8 Å². The number of nitrogens with zero attached hydrogens (tertiary/aromatic N) is 2. The van der Waals surface area contributed by atoms with Gasteiger partial charge < -0.3 is 15.1 Å². The van der Waals surface area contributed by atoms with Crippen LogP contribution in [-0.2, 0) is 4.79 Å². The van der Waals surface area contributed by atoms with E-state index in [0.717, 1.165) is 12.1 Å². The first-order chi connectivity index (χ1) is 10.5. The monoisotopic (exact) mass is 311 g/mol. The molecule has 2 rings (SSSR count). The SMILES string of the molecule is CNCCC(=O)N1CCN(C(=O)c2c(F)cccc2F)CC1. The predicted octanol–water partition coefficient (Wildman–Crippen LogP) is 0.859. The Balaban J connectivity index is 1.97. The van der Waals surface area contributed by atoms with Crippen molar-refractivity contribution < 1.29 is 18.4 Å². The maximum atomic E-state index is 13.6. The molecule has 0 atom stereocenters. The normalized spacial score (nSPS) is 15.0. The molecule has 2 amide bonds. The van der Waals surface area contributed by atoms with Crippen molar-refractivity contribution in [2.24, 2.45) is 0 Å². The topological polar surface area (TPSA) is 52.7 Å². The van der Waals surface area contributed by atoms with Crippen LogP contribution in [0.4, 0.5) is 8.78 Å². The van der Waals surface area contributed by atoms with Crippen molar-refractivity contribution in [2.75, 3.05) is 39.8 Å². The molecule has 1 fully saturated rings. The number of rotatable bonds is 4. The molecule has 1 N–H and O–H groups in total. The van der Waals surface area contributed by atoms with Crippen molar-refractivity contribution in [3.8, 4) is 0 Å². The highest BCUT2D eigenvalue weighted by Gasteiger charge is 2.27. The molecule has 0 radical (unpaired) electrons. The van der Waals surface area contributed by atoms with E-state index in [2.05, 4.69) is 5.32 Å². The van der Waals surface area contributed by atoms with Gasteiger partial charge in [-0.1, -0.05) is 6.07 Å². The van der Waals surface area contributed by atoms with E-state index >= 15 is 0 Å². The lowest BCUT2D eigenvalue weighted by molar-refractivity contribution is -0.132. The molecule has 0 saturated carbocycles. The van der Waals surface area contributed by atoms with Crippen molar-refractivity contribution in [1.82, 2.24) is 15.1 Å². The van der Waals surface area contributed by atoms with Crippen LogP contribution in [0, 0.1) is 11.6 Å². The zero-order valence-electron chi connectivity index (χ0n) is 12.4. The van der Waals surface area contributed by atoms with Crippen LogP contribution in [0.25, 0.3) is 0 Å². The molecular weight excluding hydrogens is 292 g/mol. The van der Waals surface area contributed by atoms with Crippen molar-refractivity contribution in [2.45, 2.75) is 6.42 Å². The lowest BCUT2D eigenvalue weighted by atomic mass is 10.1. The summed E-state index contributed by atoms with van der Waals surface area (Å²) in [7, 11) is 1.77. The Kier molecular flexibility index (Phi) is 5.43. The molecule has 1 aromatic carbocycles. The molecule has 1 aromatic rings. The molecule has 7 heteroatoms. The average molecular weight is 311 g/mol. The van der Waals surface area contributed by atoms with Gasteiger partial charge in [0.2, 0.25) is 5.91 Å². The van der Waals surface area contributed by atoms with Gasteiger partial charge in [0.1, 0.15) is 17.2 Å². The number of hydrogen-bond donors (Lipinski definition) is 1. The number of hydrogen-bond acceptors (Lipinski definition) is 3. The predicted molar refractivity (Wildman–Crippen MR) is 77.4 cm³/mol. The third-order valence-corrected chi connectivity index (χ3v) is 3.69. The molecule has 0 spiro atoms. The van der Waals surface area contributed by atoms with Crippen LogP contribution in [0.5, 0.6) is 0 Å². The molecular formula is C15H19F2N3O2. The standard InChI is InChI=1S/C15H19F2N3O2/c1-18-6-5-13(21)19-7-9-20(10-8-19)15(22)14-11(16)3-2-4-12(14)17/h2-4,18H,5-10H2,1H3. The third kappa shape index (κ3) is 3.59. The van der Waals surface area contributed by atoms with E-state index in [1.165, 1.54) is 11.0 Å². The van der Waals surface area contributed by atoms with Gasteiger partial charge in [0, 0.05) is 39.1 Å². The lowest BCUT2D eigenvalue weighted by Gasteiger charge is -2.35. The second-order valence-corrected chi connectivity index (χ2v) is 5.12. The van der Waals surface area contributed by atoms with Gasteiger partial charge in [-0.3, -0.25) is 9.59 Å².